The van der Waals surface area contributed by atoms with Crippen molar-refractivity contribution in [2.75, 3.05) is 44.8 Å². The molecule has 0 aliphatic carbocycles. The van der Waals surface area contributed by atoms with Crippen molar-refractivity contribution in [3.8, 4) is 11.4 Å². The maximum absolute atomic E-state index is 12.5. The first-order chi connectivity index (χ1) is 18.1. The van der Waals surface area contributed by atoms with Crippen LogP contribution < -0.4 is 15.6 Å². The van der Waals surface area contributed by atoms with Crippen molar-refractivity contribution in [3.05, 3.63) is 66.0 Å². The van der Waals surface area contributed by atoms with E-state index < -0.39 is 0 Å². The summed E-state index contributed by atoms with van der Waals surface area (Å²) < 4.78 is 5.52. The van der Waals surface area contributed by atoms with Crippen molar-refractivity contribution in [2.45, 2.75) is 18.2 Å². The number of carbonyl (C=O) groups is 1. The molecule has 1 aromatic carbocycles. The molecule has 0 atom stereocenters. The Labute approximate surface area is 223 Å². The number of anilines is 1. The van der Waals surface area contributed by atoms with Gasteiger partial charge in [0.15, 0.2) is 5.82 Å². The van der Waals surface area contributed by atoms with E-state index in [0.717, 1.165) is 16.9 Å². The van der Waals surface area contributed by atoms with Crippen molar-refractivity contribution in [3.63, 3.8) is 0 Å². The number of allylic oxidation sites excluding steroid dienone is 2. The number of morpholine rings is 1. The highest BCUT2D eigenvalue weighted by Gasteiger charge is 2.20. The van der Waals surface area contributed by atoms with E-state index in [-0.39, 0.29) is 5.91 Å². The molecule has 2 heterocycles. The number of hydrogen-bond acceptors (Lipinski definition) is 9. The highest BCUT2D eigenvalue weighted by Crippen LogP contribution is 2.30. The highest BCUT2D eigenvalue weighted by atomic mass is 32.1. The van der Waals surface area contributed by atoms with Crippen LogP contribution in [0.15, 0.2) is 69.8 Å². The Morgan fingerprint density at radius 1 is 1.27 bits per heavy atom. The van der Waals surface area contributed by atoms with Crippen LogP contribution in [-0.4, -0.2) is 68.2 Å². The smallest absolute Gasteiger partial charge is 0.269 e. The summed E-state index contributed by atoms with van der Waals surface area (Å²) in [6, 6.07) is 7.82. The van der Waals surface area contributed by atoms with Crippen LogP contribution in [-0.2, 0) is 9.53 Å². The Balaban J connectivity index is 1.92. The molecule has 10 heteroatoms. The van der Waals surface area contributed by atoms with Gasteiger partial charge in [-0.05, 0) is 12.5 Å². The third kappa shape index (κ3) is 7.86. The number of rotatable bonds is 11. The van der Waals surface area contributed by atoms with E-state index in [9.17, 15) is 4.79 Å². The number of aromatic nitrogens is 2. The molecule has 0 unspecified atom stereocenters. The van der Waals surface area contributed by atoms with Gasteiger partial charge in [-0.2, -0.15) is 5.10 Å². The topological polar surface area (TPSA) is 104 Å². The van der Waals surface area contributed by atoms with Crippen LogP contribution in [0, 0.1) is 0 Å². The van der Waals surface area contributed by atoms with Gasteiger partial charge in [-0.3, -0.25) is 9.79 Å². The summed E-state index contributed by atoms with van der Waals surface area (Å²) in [4.78, 5) is 29.2. The van der Waals surface area contributed by atoms with Crippen molar-refractivity contribution < 1.29 is 9.53 Å². The molecule has 194 valence electrons. The molecule has 1 aromatic heterocycles. The number of ether oxygens (including phenoxy) is 1. The van der Waals surface area contributed by atoms with Crippen molar-refractivity contribution in [2.24, 2.45) is 10.1 Å². The summed E-state index contributed by atoms with van der Waals surface area (Å²) in [7, 11) is 1.75. The van der Waals surface area contributed by atoms with Gasteiger partial charge in [0.25, 0.3) is 5.91 Å². The largest absolute Gasteiger partial charge is 0.378 e. The van der Waals surface area contributed by atoms with Crippen LogP contribution in [0.3, 0.4) is 0 Å². The first-order valence-corrected chi connectivity index (χ1v) is 12.6. The quantitative estimate of drug-likeness (QED) is 0.182. The molecule has 0 saturated carbocycles. The number of nitrogens with zero attached hydrogens (tertiary/aromatic N) is 5. The fourth-order valence-electron chi connectivity index (χ4n) is 3.58. The van der Waals surface area contributed by atoms with Crippen LogP contribution in [0.4, 0.5) is 5.82 Å². The van der Waals surface area contributed by atoms with E-state index in [0.29, 0.717) is 61.4 Å². The lowest BCUT2D eigenvalue weighted by Gasteiger charge is -2.29. The molecule has 0 spiro atoms. The summed E-state index contributed by atoms with van der Waals surface area (Å²) in [5.41, 5.74) is 5.52. The number of hydrazone groups is 1. The molecule has 2 N–H and O–H groups in total. The lowest BCUT2D eigenvalue weighted by molar-refractivity contribution is -0.117. The molecule has 37 heavy (non-hydrogen) atoms. The Morgan fingerprint density at radius 3 is 2.78 bits per heavy atom. The second-order valence-corrected chi connectivity index (χ2v) is 8.34. The van der Waals surface area contributed by atoms with Crippen LogP contribution in [0.2, 0.25) is 0 Å². The van der Waals surface area contributed by atoms with Gasteiger partial charge in [0.05, 0.1) is 30.0 Å². The molecule has 0 bridgehead atoms. The molecule has 2 aromatic rings. The second-order valence-electron chi connectivity index (χ2n) is 7.90. The zero-order valence-electron chi connectivity index (χ0n) is 21.2. The Bertz CT molecular complexity index is 1200. The average Bonchev–Trinajstić information content (AvgIpc) is 2.93. The number of carbonyl (C=O) groups excluding carboxylic acids is 1. The van der Waals surface area contributed by atoms with Gasteiger partial charge in [-0.25, -0.2) is 9.97 Å². The van der Waals surface area contributed by atoms with Crippen LogP contribution >= 0.6 is 12.6 Å². The van der Waals surface area contributed by atoms with Crippen molar-refractivity contribution in [1.82, 2.24) is 20.7 Å². The molecule has 9 nitrogen and oxygen atoms in total. The predicted molar refractivity (Wildman–Crippen MR) is 154 cm³/mol. The number of benzene rings is 1. The number of nitrogens with one attached hydrogen (secondary N) is 2. The van der Waals surface area contributed by atoms with E-state index in [1.54, 1.807) is 19.3 Å². The number of hydrogen-bond donors (Lipinski definition) is 3. The minimum Gasteiger partial charge on any atom is -0.378 e. The van der Waals surface area contributed by atoms with E-state index in [1.807, 2.05) is 43.3 Å². The zero-order valence-corrected chi connectivity index (χ0v) is 22.1. The number of amides is 1. The van der Waals surface area contributed by atoms with Gasteiger partial charge in [-0.15, -0.1) is 12.6 Å². The molecule has 1 amide bonds. The third-order valence-corrected chi connectivity index (χ3v) is 5.77. The summed E-state index contributed by atoms with van der Waals surface area (Å²) in [6.07, 6.45) is 10.9. The SMILES string of the molecule is C=CC=N/C(=C\CC)C(=O)NC/C=C/c1nc(-c2ccccc2/C=N\NC)nc(N2CCOCC2)c1S. The van der Waals surface area contributed by atoms with Crippen molar-refractivity contribution >= 4 is 42.9 Å². The molecule has 1 aliphatic rings. The predicted octanol–water partition coefficient (Wildman–Crippen LogP) is 3.50. The first kappa shape index (κ1) is 27.8. The van der Waals surface area contributed by atoms with Gasteiger partial charge < -0.3 is 20.4 Å². The lowest BCUT2D eigenvalue weighted by atomic mass is 10.1. The van der Waals surface area contributed by atoms with Gasteiger partial charge >= 0.3 is 0 Å². The summed E-state index contributed by atoms with van der Waals surface area (Å²) in [5, 5.41) is 7.02. The fraction of sp³-hybridized carbons (Fsp3) is 0.296. The normalized spacial score (nSPS) is 14.6. The molecular weight excluding hydrogens is 486 g/mol. The minimum atomic E-state index is -0.258. The number of thiol groups is 1. The standard InChI is InChI=1S/C27H33N7O2S/c1-4-9-23(29-13-5-2)27(35)30-14-8-12-22-24(37)26(34-15-17-36-18-16-34)33-25(32-22)21-11-7-6-10-20(21)19-31-28-3/h5-13,19,28,37H,2,4,14-18H2,1,3H3,(H,30,35)/b12-8+,23-9-,29-13?,31-19-. The van der Waals surface area contributed by atoms with Crippen LogP contribution in [0.5, 0.6) is 0 Å². The maximum atomic E-state index is 12.5. The third-order valence-electron chi connectivity index (χ3n) is 5.34. The van der Waals surface area contributed by atoms with Gasteiger partial charge in [-0.1, -0.05) is 56.0 Å². The molecule has 3 rings (SSSR count). The Morgan fingerprint density at radius 2 is 2.05 bits per heavy atom. The molecular formula is C27H33N7O2S. The highest BCUT2D eigenvalue weighted by molar-refractivity contribution is 7.80. The Kier molecular flexibility index (Phi) is 11.1. The van der Waals surface area contributed by atoms with Crippen molar-refractivity contribution in [1.29, 1.82) is 0 Å². The van der Waals surface area contributed by atoms with Gasteiger partial charge in [0.1, 0.15) is 11.5 Å². The maximum Gasteiger partial charge on any atom is 0.269 e. The second kappa shape index (κ2) is 14.7. The molecule has 1 saturated heterocycles. The summed E-state index contributed by atoms with van der Waals surface area (Å²) in [5.74, 6) is 1.05. The van der Waals surface area contributed by atoms with E-state index in [2.05, 4.69) is 32.3 Å². The molecule has 0 radical (unpaired) electrons. The van der Waals surface area contributed by atoms with Gasteiger partial charge in [0, 0.05) is 44.0 Å². The minimum absolute atomic E-state index is 0.258. The van der Waals surface area contributed by atoms with Crippen LogP contribution in [0.1, 0.15) is 24.6 Å². The summed E-state index contributed by atoms with van der Waals surface area (Å²) in [6.45, 7) is 8.52. The van der Waals surface area contributed by atoms with E-state index >= 15 is 0 Å². The van der Waals surface area contributed by atoms with Gasteiger partial charge in [0.2, 0.25) is 0 Å². The monoisotopic (exact) mass is 519 g/mol. The molecule has 1 aliphatic heterocycles. The number of aliphatic imine (C=N–C) groups is 1. The van der Waals surface area contributed by atoms with Crippen LogP contribution in [0.25, 0.3) is 17.5 Å². The first-order valence-electron chi connectivity index (χ1n) is 12.1. The average molecular weight is 520 g/mol. The lowest BCUT2D eigenvalue weighted by Crippen LogP contribution is -2.37. The Hall–Kier alpha value is -3.76. The molecule has 1 fully saturated rings. The van der Waals surface area contributed by atoms with E-state index in [4.69, 9.17) is 27.3 Å². The van der Waals surface area contributed by atoms with E-state index in [1.165, 1.54) is 12.3 Å². The zero-order chi connectivity index (χ0) is 26.5. The fourth-order valence-corrected chi connectivity index (χ4v) is 3.90. The summed E-state index contributed by atoms with van der Waals surface area (Å²) >= 11 is 4.79.